The van der Waals surface area contributed by atoms with Crippen LogP contribution in [0.3, 0.4) is 0 Å². The number of fused-ring (bicyclic) bond motifs is 1. The molecule has 1 aromatic carbocycles. The van der Waals surface area contributed by atoms with Crippen molar-refractivity contribution in [2.75, 3.05) is 16.4 Å². The Bertz CT molecular complexity index is 1550. The highest BCUT2D eigenvalue weighted by Gasteiger charge is 2.44. The van der Waals surface area contributed by atoms with E-state index in [2.05, 4.69) is 20.4 Å². The maximum absolute atomic E-state index is 13.8. The number of aryl methyl sites for hydroxylation is 1. The molecule has 0 bridgehead atoms. The fraction of sp³-hybridized carbons (Fsp3) is 0.462. The van der Waals surface area contributed by atoms with Gasteiger partial charge in [0.2, 0.25) is 0 Å². The minimum atomic E-state index is -5.16. The fourth-order valence-electron chi connectivity index (χ4n) is 4.89. The zero-order valence-electron chi connectivity index (χ0n) is 23.4. The molecule has 0 fully saturated rings. The van der Waals surface area contributed by atoms with Gasteiger partial charge >= 0.3 is 24.6 Å². The lowest BCUT2D eigenvalue weighted by Crippen LogP contribution is -2.48. The van der Waals surface area contributed by atoms with Crippen molar-refractivity contribution in [3.05, 3.63) is 58.4 Å². The van der Waals surface area contributed by atoms with Crippen molar-refractivity contribution in [3.8, 4) is 6.07 Å². The second-order valence-corrected chi connectivity index (χ2v) is 9.93. The summed E-state index contributed by atoms with van der Waals surface area (Å²) < 4.78 is 128. The van der Waals surface area contributed by atoms with E-state index in [4.69, 9.17) is 10.00 Å². The van der Waals surface area contributed by atoms with E-state index in [0.29, 0.717) is 18.2 Å². The predicted octanol–water partition coefficient (Wildman–Crippen LogP) is 6.45. The summed E-state index contributed by atoms with van der Waals surface area (Å²) in [6.07, 6.45) is -16.5. The highest BCUT2D eigenvalue weighted by molar-refractivity contribution is 5.90. The van der Waals surface area contributed by atoms with E-state index in [1.165, 1.54) is 7.05 Å². The number of hydrogen-bond donors (Lipinski definition) is 0. The molecule has 3 aromatic rings. The van der Waals surface area contributed by atoms with Gasteiger partial charge in [-0.2, -0.15) is 49.6 Å². The highest BCUT2D eigenvalue weighted by atomic mass is 19.4. The molecule has 0 N–H and O–H groups in total. The molecule has 0 spiro atoms. The molecule has 2 atom stereocenters. The predicted molar refractivity (Wildman–Crippen MR) is 136 cm³/mol. The average Bonchev–Trinajstić information content (AvgIpc) is 3.39. The van der Waals surface area contributed by atoms with Gasteiger partial charge in [-0.3, -0.25) is 4.90 Å². The smallest absolute Gasteiger partial charge is 0.433 e. The molecule has 10 nitrogen and oxygen atoms in total. The van der Waals surface area contributed by atoms with E-state index >= 15 is 0 Å². The summed E-state index contributed by atoms with van der Waals surface area (Å²) in [5, 5.41) is 20.3. The van der Waals surface area contributed by atoms with Crippen LogP contribution in [0, 0.1) is 11.3 Å². The summed E-state index contributed by atoms with van der Waals surface area (Å²) >= 11 is 0. The largest absolute Gasteiger partial charge is 0.448 e. The quantitative estimate of drug-likeness (QED) is 0.212. The molecule has 1 amide bonds. The molecule has 19 heteroatoms. The van der Waals surface area contributed by atoms with Gasteiger partial charge < -0.3 is 9.64 Å². The summed E-state index contributed by atoms with van der Waals surface area (Å²) in [4.78, 5) is 19.9. The van der Waals surface area contributed by atoms with Gasteiger partial charge in [0.15, 0.2) is 0 Å². The highest BCUT2D eigenvalue weighted by Crippen LogP contribution is 2.44. The minimum Gasteiger partial charge on any atom is -0.448 e. The SMILES string of the molecule is CCC1CC(N(Cc2cc(C(F)(F)F)cc(C(F)(F)F)c2)c2nnn(C)n2)c2nc(C(F)(F)F)ccc2N1C(=O)OCCC#N. The topological polar surface area (TPSA) is 113 Å². The molecule has 45 heavy (non-hydrogen) atoms. The standard InChI is InChI=1S/C26H23F9N8O2/c1-3-17-12-19(21-18(5-6-20(37-21)26(33,34)35)43(17)23(44)45-8-4-7-36)42(22-38-40-41(2)39-22)13-14-9-15(24(27,28)29)11-16(10-14)25(30,31)32/h5-6,9-11,17,19H,3-4,8,12-13H2,1-2H3. The van der Waals surface area contributed by atoms with Crippen molar-refractivity contribution < 1.29 is 49.0 Å². The number of carbonyl (C=O) groups excluding carboxylic acids is 1. The molecular formula is C26H23F9N8O2. The molecular weight excluding hydrogens is 627 g/mol. The molecule has 1 aliphatic heterocycles. The number of alkyl halides is 9. The van der Waals surface area contributed by atoms with Crippen LogP contribution < -0.4 is 9.80 Å². The van der Waals surface area contributed by atoms with Gasteiger partial charge in [0.05, 0.1) is 48.1 Å². The van der Waals surface area contributed by atoms with Gasteiger partial charge in [0.1, 0.15) is 12.3 Å². The molecule has 2 aromatic heterocycles. The Balaban J connectivity index is 1.91. The molecule has 0 aliphatic carbocycles. The average molecular weight is 651 g/mol. The number of aromatic nitrogens is 5. The van der Waals surface area contributed by atoms with Crippen molar-refractivity contribution >= 4 is 17.7 Å². The molecule has 2 unspecified atom stereocenters. The van der Waals surface area contributed by atoms with E-state index in [-0.39, 0.29) is 49.3 Å². The number of ether oxygens (including phenoxy) is 1. The Labute approximate surface area is 249 Å². The van der Waals surface area contributed by atoms with Crippen molar-refractivity contribution in [2.24, 2.45) is 7.05 Å². The second-order valence-electron chi connectivity index (χ2n) is 9.93. The number of amides is 1. The number of anilines is 2. The Morgan fingerprint density at radius 1 is 1.04 bits per heavy atom. The monoisotopic (exact) mass is 650 g/mol. The number of nitrogens with zero attached hydrogens (tertiary/aromatic N) is 8. The van der Waals surface area contributed by atoms with Crippen molar-refractivity contribution in [1.82, 2.24) is 25.2 Å². The summed E-state index contributed by atoms with van der Waals surface area (Å²) in [6, 6.07) is 2.19. The van der Waals surface area contributed by atoms with Crippen molar-refractivity contribution in [2.45, 2.75) is 63.3 Å². The van der Waals surface area contributed by atoms with Crippen LogP contribution in [0.15, 0.2) is 30.3 Å². The van der Waals surface area contributed by atoms with Crippen LogP contribution in [-0.4, -0.2) is 43.9 Å². The number of tetrazole rings is 1. The number of rotatable bonds is 7. The number of nitriles is 1. The zero-order chi connectivity index (χ0) is 33.3. The Kier molecular flexibility index (Phi) is 9.17. The lowest BCUT2D eigenvalue weighted by Gasteiger charge is -2.43. The number of benzene rings is 1. The summed E-state index contributed by atoms with van der Waals surface area (Å²) in [7, 11) is 1.32. The number of hydrogen-bond acceptors (Lipinski definition) is 8. The Morgan fingerprint density at radius 2 is 1.69 bits per heavy atom. The van der Waals surface area contributed by atoms with Gasteiger partial charge in [-0.15, -0.1) is 5.10 Å². The number of pyridine rings is 1. The molecule has 242 valence electrons. The lowest BCUT2D eigenvalue weighted by atomic mass is 9.91. The van der Waals surface area contributed by atoms with E-state index in [0.717, 1.165) is 20.7 Å². The van der Waals surface area contributed by atoms with Gasteiger partial charge in [0.25, 0.3) is 5.95 Å². The lowest BCUT2D eigenvalue weighted by molar-refractivity contribution is -0.143. The van der Waals surface area contributed by atoms with E-state index in [9.17, 15) is 44.3 Å². The van der Waals surface area contributed by atoms with E-state index in [1.807, 2.05) is 0 Å². The van der Waals surface area contributed by atoms with Crippen LogP contribution in [0.2, 0.25) is 0 Å². The van der Waals surface area contributed by atoms with Crippen LogP contribution in [0.5, 0.6) is 0 Å². The van der Waals surface area contributed by atoms with Crippen LogP contribution in [0.25, 0.3) is 0 Å². The second kappa shape index (κ2) is 12.4. The maximum Gasteiger partial charge on any atom is 0.433 e. The molecule has 0 radical (unpaired) electrons. The van der Waals surface area contributed by atoms with Gasteiger partial charge in [-0.1, -0.05) is 12.0 Å². The Hall–Kier alpha value is -4.63. The third kappa shape index (κ3) is 7.37. The maximum atomic E-state index is 13.8. The number of carbonyl (C=O) groups is 1. The van der Waals surface area contributed by atoms with Crippen LogP contribution in [0.1, 0.15) is 60.3 Å². The molecule has 3 heterocycles. The first-order chi connectivity index (χ1) is 20.9. The van der Waals surface area contributed by atoms with Gasteiger partial charge in [-0.05, 0) is 54.0 Å². The Morgan fingerprint density at radius 3 is 2.20 bits per heavy atom. The van der Waals surface area contributed by atoms with E-state index in [1.54, 1.807) is 13.0 Å². The first-order valence-electron chi connectivity index (χ1n) is 13.1. The van der Waals surface area contributed by atoms with Crippen molar-refractivity contribution in [1.29, 1.82) is 5.26 Å². The van der Waals surface area contributed by atoms with Crippen molar-refractivity contribution in [3.63, 3.8) is 0 Å². The van der Waals surface area contributed by atoms with Gasteiger partial charge in [0, 0.05) is 12.6 Å². The molecule has 0 saturated heterocycles. The molecule has 1 aliphatic rings. The minimum absolute atomic E-state index is 0.0512. The van der Waals surface area contributed by atoms with Crippen LogP contribution in [-0.2, 0) is 36.9 Å². The first kappa shape index (κ1) is 33.3. The third-order valence-electron chi connectivity index (χ3n) is 6.87. The summed E-state index contributed by atoms with van der Waals surface area (Å²) in [6.45, 7) is 0.582. The first-order valence-corrected chi connectivity index (χ1v) is 13.1. The zero-order valence-corrected chi connectivity index (χ0v) is 23.4. The molecule has 4 rings (SSSR count). The normalized spacial score (nSPS) is 17.1. The van der Waals surface area contributed by atoms with E-state index < -0.39 is 65.6 Å². The third-order valence-corrected chi connectivity index (χ3v) is 6.87. The summed E-state index contributed by atoms with van der Waals surface area (Å²) in [5.74, 6) is -0.335. The van der Waals surface area contributed by atoms with Crippen LogP contribution in [0.4, 0.5) is 55.9 Å². The van der Waals surface area contributed by atoms with Crippen LogP contribution >= 0.6 is 0 Å². The number of halogens is 9. The molecule has 0 saturated carbocycles. The van der Waals surface area contributed by atoms with Gasteiger partial charge in [-0.25, -0.2) is 9.78 Å². The fourth-order valence-corrected chi connectivity index (χ4v) is 4.89. The summed E-state index contributed by atoms with van der Waals surface area (Å²) in [5.41, 5.74) is -5.62.